The molecule has 140 valence electrons. The molecule has 4 nitrogen and oxygen atoms in total. The maximum absolute atomic E-state index is 12.6. The molecule has 3 aromatic carbocycles. The summed E-state index contributed by atoms with van der Waals surface area (Å²) in [6, 6.07) is 21.6. The molecule has 1 fully saturated rings. The lowest BCUT2D eigenvalue weighted by molar-refractivity contribution is -0.123. The molecule has 0 saturated carbocycles. The molecule has 0 N–H and O–H groups in total. The van der Waals surface area contributed by atoms with Crippen LogP contribution >= 0.6 is 34.4 Å². The Morgan fingerprint density at radius 3 is 2.57 bits per heavy atom. The van der Waals surface area contributed by atoms with Crippen LogP contribution in [0.2, 0.25) is 0 Å². The summed E-state index contributed by atoms with van der Waals surface area (Å²) in [6.45, 7) is 0.472. The molecule has 0 aromatic heterocycles. The number of hydrogen-bond donors (Lipinski definition) is 0. The molecule has 6 heteroatoms. The third-order valence-electron chi connectivity index (χ3n) is 4.39. The van der Waals surface area contributed by atoms with Crippen molar-refractivity contribution >= 4 is 62.3 Å². The van der Waals surface area contributed by atoms with Gasteiger partial charge in [0.2, 0.25) is 0 Å². The molecule has 0 atom stereocenters. The van der Waals surface area contributed by atoms with Crippen LogP contribution in [0.3, 0.4) is 0 Å². The first kappa shape index (κ1) is 19.0. The van der Waals surface area contributed by atoms with Crippen molar-refractivity contribution in [3.63, 3.8) is 0 Å². The standard InChI is InChI=1S/C22H16INO3S/c23-18-10-4-2-7-16(18)14-20-21(25)24(22(26)28-20)12-13-27-19-11-5-8-15-6-1-3-9-17(15)19/h1-11,14H,12-13H2/b20-14-. The van der Waals surface area contributed by atoms with Crippen LogP contribution in [-0.4, -0.2) is 29.2 Å². The number of amides is 2. The second-order valence-electron chi connectivity index (χ2n) is 6.18. The Kier molecular flexibility index (Phi) is 5.68. The lowest BCUT2D eigenvalue weighted by Gasteiger charge is -2.14. The van der Waals surface area contributed by atoms with Crippen molar-refractivity contribution in [1.29, 1.82) is 0 Å². The average molecular weight is 501 g/mol. The van der Waals surface area contributed by atoms with E-state index in [1.165, 1.54) is 4.90 Å². The molecular weight excluding hydrogens is 485 g/mol. The first-order valence-electron chi connectivity index (χ1n) is 8.74. The van der Waals surface area contributed by atoms with Crippen molar-refractivity contribution in [2.45, 2.75) is 0 Å². The van der Waals surface area contributed by atoms with E-state index in [0.717, 1.165) is 37.4 Å². The van der Waals surface area contributed by atoms with Crippen LogP contribution in [0, 0.1) is 3.57 Å². The van der Waals surface area contributed by atoms with Crippen LogP contribution in [0.4, 0.5) is 4.79 Å². The zero-order valence-corrected chi connectivity index (χ0v) is 17.8. The van der Waals surface area contributed by atoms with Gasteiger partial charge in [0.1, 0.15) is 12.4 Å². The summed E-state index contributed by atoms with van der Waals surface area (Å²) in [7, 11) is 0. The van der Waals surface area contributed by atoms with E-state index in [9.17, 15) is 9.59 Å². The maximum atomic E-state index is 12.6. The highest BCUT2D eigenvalue weighted by molar-refractivity contribution is 14.1. The van der Waals surface area contributed by atoms with Crippen molar-refractivity contribution in [2.75, 3.05) is 13.2 Å². The Balaban J connectivity index is 1.45. The largest absolute Gasteiger partial charge is 0.491 e. The van der Waals surface area contributed by atoms with Crippen molar-refractivity contribution in [3.8, 4) is 5.75 Å². The Labute approximate surface area is 180 Å². The Morgan fingerprint density at radius 1 is 0.964 bits per heavy atom. The fraction of sp³-hybridized carbons (Fsp3) is 0.0909. The molecule has 1 saturated heterocycles. The van der Waals surface area contributed by atoms with Crippen LogP contribution in [0.25, 0.3) is 16.8 Å². The minimum absolute atomic E-state index is 0.219. The van der Waals surface area contributed by atoms with Crippen LogP contribution in [-0.2, 0) is 4.79 Å². The number of fused-ring (bicyclic) bond motifs is 1. The molecule has 0 aliphatic carbocycles. The number of rotatable bonds is 5. The van der Waals surface area contributed by atoms with Crippen LogP contribution in [0.5, 0.6) is 5.75 Å². The molecule has 1 aliphatic rings. The quantitative estimate of drug-likeness (QED) is 0.339. The van der Waals surface area contributed by atoms with Gasteiger partial charge in [0.05, 0.1) is 11.4 Å². The predicted octanol–water partition coefficient (Wildman–Crippen LogP) is 5.56. The molecule has 3 aromatic rings. The molecule has 0 unspecified atom stereocenters. The second kappa shape index (κ2) is 8.36. The van der Waals surface area contributed by atoms with Crippen molar-refractivity contribution in [3.05, 3.63) is 80.8 Å². The summed E-state index contributed by atoms with van der Waals surface area (Å²) in [6.07, 6.45) is 1.78. The smallest absolute Gasteiger partial charge is 0.293 e. The lowest BCUT2D eigenvalue weighted by Crippen LogP contribution is -2.32. The molecule has 0 radical (unpaired) electrons. The molecule has 0 spiro atoms. The number of imide groups is 1. The summed E-state index contributed by atoms with van der Waals surface area (Å²) in [4.78, 5) is 26.6. The van der Waals surface area contributed by atoms with Gasteiger partial charge in [0.15, 0.2) is 0 Å². The third-order valence-corrected chi connectivity index (χ3v) is 6.28. The van der Waals surface area contributed by atoms with E-state index >= 15 is 0 Å². The monoisotopic (exact) mass is 501 g/mol. The first-order valence-corrected chi connectivity index (χ1v) is 10.6. The van der Waals surface area contributed by atoms with Crippen LogP contribution in [0.15, 0.2) is 71.6 Å². The normalized spacial score (nSPS) is 15.6. The number of thioether (sulfide) groups is 1. The zero-order valence-electron chi connectivity index (χ0n) is 14.8. The van der Waals surface area contributed by atoms with E-state index in [4.69, 9.17) is 4.74 Å². The Morgan fingerprint density at radius 2 is 1.71 bits per heavy atom. The minimum atomic E-state index is -0.267. The van der Waals surface area contributed by atoms with Gasteiger partial charge in [-0.1, -0.05) is 54.6 Å². The highest BCUT2D eigenvalue weighted by Crippen LogP contribution is 2.33. The number of carbonyl (C=O) groups excluding carboxylic acids is 2. The number of hydrogen-bond acceptors (Lipinski definition) is 4. The summed E-state index contributed by atoms with van der Waals surface area (Å²) in [5.74, 6) is 0.482. The molecule has 2 amide bonds. The number of nitrogens with zero attached hydrogens (tertiary/aromatic N) is 1. The van der Waals surface area contributed by atoms with Gasteiger partial charge in [0, 0.05) is 8.96 Å². The van der Waals surface area contributed by atoms with Gasteiger partial charge in [-0.05, 0) is 63.5 Å². The summed E-state index contributed by atoms with van der Waals surface area (Å²) >= 11 is 3.19. The van der Waals surface area contributed by atoms with Crippen molar-refractivity contribution in [1.82, 2.24) is 4.90 Å². The van der Waals surface area contributed by atoms with E-state index in [0.29, 0.717) is 4.91 Å². The van der Waals surface area contributed by atoms with E-state index in [1.807, 2.05) is 66.7 Å². The topological polar surface area (TPSA) is 46.6 Å². The van der Waals surface area contributed by atoms with Crippen LogP contribution < -0.4 is 4.74 Å². The first-order chi connectivity index (χ1) is 13.6. The Hall–Kier alpha value is -2.32. The van der Waals surface area contributed by atoms with E-state index in [1.54, 1.807) is 6.08 Å². The number of carbonyl (C=O) groups is 2. The van der Waals surface area contributed by atoms with Gasteiger partial charge in [-0.2, -0.15) is 0 Å². The molecule has 4 rings (SSSR count). The summed E-state index contributed by atoms with van der Waals surface area (Å²) in [5, 5.41) is 1.84. The van der Waals surface area contributed by atoms with Gasteiger partial charge < -0.3 is 4.74 Å². The van der Waals surface area contributed by atoms with Gasteiger partial charge in [-0.25, -0.2) is 0 Å². The molecular formula is C22H16INO3S. The minimum Gasteiger partial charge on any atom is -0.491 e. The van der Waals surface area contributed by atoms with E-state index in [-0.39, 0.29) is 24.3 Å². The molecule has 1 heterocycles. The summed E-state index contributed by atoms with van der Waals surface area (Å²) in [5.41, 5.74) is 0.931. The fourth-order valence-electron chi connectivity index (χ4n) is 2.99. The van der Waals surface area contributed by atoms with Gasteiger partial charge >= 0.3 is 0 Å². The predicted molar refractivity (Wildman–Crippen MR) is 121 cm³/mol. The fourth-order valence-corrected chi connectivity index (χ4v) is 4.39. The highest BCUT2D eigenvalue weighted by Gasteiger charge is 2.34. The van der Waals surface area contributed by atoms with Crippen LogP contribution in [0.1, 0.15) is 5.56 Å². The van der Waals surface area contributed by atoms with Crippen molar-refractivity contribution < 1.29 is 14.3 Å². The highest BCUT2D eigenvalue weighted by atomic mass is 127. The van der Waals surface area contributed by atoms with Gasteiger partial charge in [-0.3, -0.25) is 14.5 Å². The molecule has 28 heavy (non-hydrogen) atoms. The van der Waals surface area contributed by atoms with Gasteiger partial charge in [-0.15, -0.1) is 0 Å². The average Bonchev–Trinajstić information content (AvgIpc) is 2.97. The Bertz CT molecular complexity index is 1090. The molecule has 0 bridgehead atoms. The van der Waals surface area contributed by atoms with E-state index < -0.39 is 0 Å². The maximum Gasteiger partial charge on any atom is 0.293 e. The zero-order chi connectivity index (χ0) is 19.5. The van der Waals surface area contributed by atoms with Crippen molar-refractivity contribution in [2.24, 2.45) is 0 Å². The lowest BCUT2D eigenvalue weighted by atomic mass is 10.1. The number of halogens is 1. The number of benzene rings is 3. The third kappa shape index (κ3) is 3.93. The van der Waals surface area contributed by atoms with Gasteiger partial charge in [0.25, 0.3) is 11.1 Å². The number of ether oxygens (including phenoxy) is 1. The SMILES string of the molecule is O=C1S/C(=C\c2ccccc2I)C(=O)N1CCOc1cccc2ccccc12. The second-order valence-corrected chi connectivity index (χ2v) is 8.34. The van der Waals surface area contributed by atoms with E-state index in [2.05, 4.69) is 22.6 Å². The molecule has 1 aliphatic heterocycles. The summed E-state index contributed by atoms with van der Waals surface area (Å²) < 4.78 is 6.91.